The van der Waals surface area contributed by atoms with Crippen LogP contribution in [0.5, 0.6) is 0 Å². The van der Waals surface area contributed by atoms with Gasteiger partial charge in [-0.15, -0.1) is 0 Å². The third kappa shape index (κ3) is 2.32. The Morgan fingerprint density at radius 1 is 1.32 bits per heavy atom. The lowest BCUT2D eigenvalue weighted by Crippen LogP contribution is -2.61. The van der Waals surface area contributed by atoms with Gasteiger partial charge in [0, 0.05) is 12.5 Å². The molecule has 0 aromatic rings. The summed E-state index contributed by atoms with van der Waals surface area (Å²) in [6.45, 7) is 5.13. The molecule has 0 aromatic heterocycles. The standard InChI is InChI=1S/C15H22O4/c1-3-13(17)19-15-7-11-4-12(8-15)6-14(5-11,9-15)18-10(2)16/h3,10-12,16H,1,4-9H2,2H3. The Balaban J connectivity index is 1.84. The maximum Gasteiger partial charge on any atom is 0.330 e. The van der Waals surface area contributed by atoms with Crippen molar-refractivity contribution in [2.45, 2.75) is 62.9 Å². The second kappa shape index (κ2) is 4.32. The number of hydrogen-bond donors (Lipinski definition) is 1. The number of carbonyl (C=O) groups is 1. The molecule has 0 heterocycles. The van der Waals surface area contributed by atoms with Crippen molar-refractivity contribution < 1.29 is 19.4 Å². The highest BCUT2D eigenvalue weighted by molar-refractivity contribution is 5.81. The van der Waals surface area contributed by atoms with Crippen LogP contribution in [-0.4, -0.2) is 28.6 Å². The van der Waals surface area contributed by atoms with Gasteiger partial charge in [0.15, 0.2) is 6.29 Å². The van der Waals surface area contributed by atoms with Crippen LogP contribution in [0.15, 0.2) is 12.7 Å². The number of rotatable bonds is 4. The van der Waals surface area contributed by atoms with Crippen molar-refractivity contribution in [3.63, 3.8) is 0 Å². The van der Waals surface area contributed by atoms with Crippen LogP contribution in [0, 0.1) is 11.8 Å². The molecule has 3 unspecified atom stereocenters. The molecule has 4 heteroatoms. The van der Waals surface area contributed by atoms with E-state index in [0.717, 1.165) is 32.1 Å². The quantitative estimate of drug-likeness (QED) is 0.481. The predicted molar refractivity (Wildman–Crippen MR) is 69.2 cm³/mol. The zero-order valence-corrected chi connectivity index (χ0v) is 11.4. The van der Waals surface area contributed by atoms with Crippen LogP contribution in [0.25, 0.3) is 0 Å². The lowest BCUT2D eigenvalue weighted by Gasteiger charge is -2.60. The molecule has 4 bridgehead atoms. The molecule has 4 nitrogen and oxygen atoms in total. The van der Waals surface area contributed by atoms with Gasteiger partial charge in [0.1, 0.15) is 5.60 Å². The highest BCUT2D eigenvalue weighted by atomic mass is 16.6. The molecule has 0 aliphatic heterocycles. The molecule has 1 N–H and O–H groups in total. The van der Waals surface area contributed by atoms with Crippen LogP contribution in [-0.2, 0) is 14.3 Å². The Labute approximate surface area is 113 Å². The predicted octanol–water partition coefficient (Wildman–Crippen LogP) is 2.16. The summed E-state index contributed by atoms with van der Waals surface area (Å²) in [5.74, 6) is 0.768. The van der Waals surface area contributed by atoms with E-state index in [1.807, 2.05) is 0 Å². The van der Waals surface area contributed by atoms with Gasteiger partial charge in [0.2, 0.25) is 0 Å². The van der Waals surface area contributed by atoms with E-state index in [9.17, 15) is 9.90 Å². The first-order chi connectivity index (χ1) is 8.94. The highest BCUT2D eigenvalue weighted by Gasteiger charge is 2.60. The van der Waals surface area contributed by atoms with E-state index in [2.05, 4.69) is 6.58 Å². The third-order valence-corrected chi connectivity index (χ3v) is 4.86. The summed E-state index contributed by atoms with van der Waals surface area (Å²) in [5.41, 5.74) is -0.677. The van der Waals surface area contributed by atoms with Crippen molar-refractivity contribution in [3.8, 4) is 0 Å². The molecule has 106 valence electrons. The Kier molecular flexibility index (Phi) is 2.98. The van der Waals surface area contributed by atoms with Gasteiger partial charge in [-0.2, -0.15) is 0 Å². The minimum atomic E-state index is -0.761. The maximum atomic E-state index is 11.6. The average Bonchev–Trinajstić information content (AvgIpc) is 2.24. The Hall–Kier alpha value is -0.870. The summed E-state index contributed by atoms with van der Waals surface area (Å²) in [6, 6.07) is 0. The fourth-order valence-electron chi connectivity index (χ4n) is 4.97. The molecular weight excluding hydrogens is 244 g/mol. The van der Waals surface area contributed by atoms with E-state index < -0.39 is 6.29 Å². The third-order valence-electron chi connectivity index (χ3n) is 4.86. The van der Waals surface area contributed by atoms with Gasteiger partial charge < -0.3 is 14.6 Å². The smallest absolute Gasteiger partial charge is 0.330 e. The van der Waals surface area contributed by atoms with Crippen molar-refractivity contribution in [3.05, 3.63) is 12.7 Å². The summed E-state index contributed by atoms with van der Waals surface area (Å²) in [4.78, 5) is 11.6. The Bertz CT molecular complexity index is 381. The molecule has 0 radical (unpaired) electrons. The molecule has 3 atom stereocenters. The van der Waals surface area contributed by atoms with Crippen LogP contribution in [0.2, 0.25) is 0 Å². The molecule has 4 fully saturated rings. The summed E-state index contributed by atoms with van der Waals surface area (Å²) in [6.07, 6.45) is 6.26. The SMILES string of the molecule is C=CC(=O)OC12CC3CC(C1)CC(OC(C)O)(C3)C2. The van der Waals surface area contributed by atoms with Crippen LogP contribution < -0.4 is 0 Å². The first-order valence-electron chi connectivity index (χ1n) is 7.16. The normalized spacial score (nSPS) is 44.9. The van der Waals surface area contributed by atoms with Crippen LogP contribution in [0.1, 0.15) is 45.4 Å². The van der Waals surface area contributed by atoms with E-state index in [1.165, 1.54) is 12.5 Å². The van der Waals surface area contributed by atoms with Crippen molar-refractivity contribution in [2.75, 3.05) is 0 Å². The Morgan fingerprint density at radius 3 is 2.42 bits per heavy atom. The van der Waals surface area contributed by atoms with E-state index in [4.69, 9.17) is 9.47 Å². The van der Waals surface area contributed by atoms with Gasteiger partial charge in [-0.25, -0.2) is 4.79 Å². The molecule has 0 spiro atoms. The van der Waals surface area contributed by atoms with Crippen LogP contribution >= 0.6 is 0 Å². The monoisotopic (exact) mass is 266 g/mol. The molecule has 4 rings (SSSR count). The zero-order chi connectivity index (χ0) is 13.7. The van der Waals surface area contributed by atoms with E-state index >= 15 is 0 Å². The van der Waals surface area contributed by atoms with Crippen molar-refractivity contribution in [1.29, 1.82) is 0 Å². The van der Waals surface area contributed by atoms with Gasteiger partial charge in [-0.3, -0.25) is 0 Å². The highest BCUT2D eigenvalue weighted by Crippen LogP contribution is 2.60. The van der Waals surface area contributed by atoms with Crippen LogP contribution in [0.3, 0.4) is 0 Å². The number of ether oxygens (including phenoxy) is 2. The lowest BCUT2D eigenvalue weighted by molar-refractivity contribution is -0.268. The molecule has 0 amide bonds. The number of aliphatic hydroxyl groups is 1. The molecule has 0 aromatic carbocycles. The van der Waals surface area contributed by atoms with E-state index in [-0.39, 0.29) is 17.2 Å². The minimum Gasteiger partial charge on any atom is -0.456 e. The van der Waals surface area contributed by atoms with Crippen LogP contribution in [0.4, 0.5) is 0 Å². The lowest BCUT2D eigenvalue weighted by atomic mass is 9.52. The first-order valence-corrected chi connectivity index (χ1v) is 7.16. The number of esters is 1. The number of hydrogen-bond acceptors (Lipinski definition) is 4. The topological polar surface area (TPSA) is 55.8 Å². The summed E-state index contributed by atoms with van der Waals surface area (Å²) < 4.78 is 11.5. The second-order valence-corrected chi connectivity index (χ2v) is 6.67. The zero-order valence-electron chi connectivity index (χ0n) is 11.4. The fourth-order valence-corrected chi connectivity index (χ4v) is 4.97. The fraction of sp³-hybridized carbons (Fsp3) is 0.800. The van der Waals surface area contributed by atoms with E-state index in [1.54, 1.807) is 6.92 Å². The molecule has 4 aliphatic carbocycles. The minimum absolute atomic E-state index is 0.292. The molecule has 4 aliphatic rings. The van der Waals surface area contributed by atoms with Gasteiger partial charge in [0.05, 0.1) is 5.60 Å². The first kappa shape index (κ1) is 13.1. The van der Waals surface area contributed by atoms with Gasteiger partial charge >= 0.3 is 5.97 Å². The summed E-state index contributed by atoms with van der Waals surface area (Å²) >= 11 is 0. The summed E-state index contributed by atoms with van der Waals surface area (Å²) in [7, 11) is 0. The van der Waals surface area contributed by atoms with Gasteiger partial charge in [-0.05, 0) is 50.9 Å². The van der Waals surface area contributed by atoms with Gasteiger partial charge in [-0.1, -0.05) is 6.58 Å². The molecule has 0 saturated heterocycles. The molecule has 19 heavy (non-hydrogen) atoms. The van der Waals surface area contributed by atoms with Gasteiger partial charge in [0.25, 0.3) is 0 Å². The van der Waals surface area contributed by atoms with Crippen molar-refractivity contribution in [2.24, 2.45) is 11.8 Å². The van der Waals surface area contributed by atoms with E-state index in [0.29, 0.717) is 11.8 Å². The largest absolute Gasteiger partial charge is 0.456 e. The van der Waals surface area contributed by atoms with Crippen molar-refractivity contribution in [1.82, 2.24) is 0 Å². The molecule has 4 saturated carbocycles. The summed E-state index contributed by atoms with van der Waals surface area (Å²) in [5, 5.41) is 9.58. The Morgan fingerprint density at radius 2 is 1.89 bits per heavy atom. The average molecular weight is 266 g/mol. The molecular formula is C15H22O4. The second-order valence-electron chi connectivity index (χ2n) is 6.67. The number of aliphatic hydroxyl groups excluding tert-OH is 1. The van der Waals surface area contributed by atoms with Crippen molar-refractivity contribution >= 4 is 5.97 Å². The number of carbonyl (C=O) groups excluding carboxylic acids is 1. The maximum absolute atomic E-state index is 11.6.